The summed E-state index contributed by atoms with van der Waals surface area (Å²) in [4.78, 5) is 7.13. The molecule has 1 atom stereocenters. The quantitative estimate of drug-likeness (QED) is 0.413. The van der Waals surface area contributed by atoms with Gasteiger partial charge in [-0.2, -0.15) is 0 Å². The zero-order valence-electron chi connectivity index (χ0n) is 20.1. The van der Waals surface area contributed by atoms with Crippen LogP contribution < -0.4 is 4.90 Å². The minimum Gasteiger partial charge on any atom is -0.388 e. The van der Waals surface area contributed by atoms with Crippen molar-refractivity contribution in [2.45, 2.75) is 44.2 Å². The zero-order chi connectivity index (χ0) is 25.5. The second-order valence-electron chi connectivity index (χ2n) is 9.26. The Morgan fingerprint density at radius 1 is 1.03 bits per heavy atom. The molecule has 8 heteroatoms. The Morgan fingerprint density at radius 3 is 2.34 bits per heavy atom. The summed E-state index contributed by atoms with van der Waals surface area (Å²) in [6, 6.07) is 17.8. The first-order valence-corrected chi connectivity index (χ1v) is 13.8. The molecule has 0 bridgehead atoms. The number of amidine groups is 1. The Hall–Kier alpha value is -2.38. The van der Waals surface area contributed by atoms with Crippen molar-refractivity contribution in [3.8, 4) is 11.1 Å². The molecule has 1 unspecified atom stereocenters. The van der Waals surface area contributed by atoms with Crippen LogP contribution in [-0.4, -0.2) is 43.3 Å². The molecule has 0 fully saturated rings. The average Bonchev–Trinajstić information content (AvgIpc) is 3.24. The molecule has 0 radical (unpaired) electrons. The number of aliphatic hydroxyl groups is 1. The van der Waals surface area contributed by atoms with Crippen LogP contribution in [0.4, 0.5) is 5.69 Å². The van der Waals surface area contributed by atoms with Crippen molar-refractivity contribution in [3.63, 3.8) is 0 Å². The number of halogens is 2. The van der Waals surface area contributed by atoms with Crippen molar-refractivity contribution < 1.29 is 13.5 Å². The van der Waals surface area contributed by atoms with Gasteiger partial charge in [0.2, 0.25) is 0 Å². The summed E-state index contributed by atoms with van der Waals surface area (Å²) in [5.41, 5.74) is 3.04. The molecule has 3 aromatic rings. The summed E-state index contributed by atoms with van der Waals surface area (Å²) >= 11 is 13.4. The average molecular weight is 532 g/mol. The molecule has 3 aromatic carbocycles. The van der Waals surface area contributed by atoms with Gasteiger partial charge in [0.1, 0.15) is 5.84 Å². The summed E-state index contributed by atoms with van der Waals surface area (Å²) < 4.78 is 24.7. The summed E-state index contributed by atoms with van der Waals surface area (Å²) in [6.45, 7) is 7.52. The van der Waals surface area contributed by atoms with E-state index in [0.29, 0.717) is 22.4 Å². The van der Waals surface area contributed by atoms with Crippen LogP contribution in [0.2, 0.25) is 10.0 Å². The molecule has 0 aromatic heterocycles. The lowest BCUT2D eigenvalue weighted by Crippen LogP contribution is -2.39. The van der Waals surface area contributed by atoms with E-state index >= 15 is 0 Å². The second-order valence-corrected chi connectivity index (χ2v) is 12.4. The third kappa shape index (κ3) is 5.12. The van der Waals surface area contributed by atoms with Crippen molar-refractivity contribution in [3.05, 3.63) is 81.8 Å². The van der Waals surface area contributed by atoms with Gasteiger partial charge in [-0.3, -0.25) is 4.99 Å². The Labute approximate surface area is 217 Å². The van der Waals surface area contributed by atoms with Gasteiger partial charge in [0, 0.05) is 12.1 Å². The number of hydrogen-bond acceptors (Lipinski definition) is 5. The second kappa shape index (κ2) is 9.58. The molecule has 0 saturated carbocycles. The highest BCUT2D eigenvalue weighted by molar-refractivity contribution is 7.91. The molecule has 4 rings (SSSR count). The van der Waals surface area contributed by atoms with Gasteiger partial charge in [0.05, 0.1) is 38.0 Å². The van der Waals surface area contributed by atoms with Gasteiger partial charge in [0.25, 0.3) is 0 Å². The maximum Gasteiger partial charge on any atom is 0.178 e. The van der Waals surface area contributed by atoms with Crippen molar-refractivity contribution in [2.75, 3.05) is 17.2 Å². The number of sulfone groups is 1. The zero-order valence-corrected chi connectivity index (χ0v) is 22.4. The third-order valence-electron chi connectivity index (χ3n) is 6.30. The normalized spacial score (nSPS) is 16.5. The van der Waals surface area contributed by atoms with E-state index in [1.54, 1.807) is 39.0 Å². The van der Waals surface area contributed by atoms with Crippen LogP contribution in [-0.2, 0) is 9.84 Å². The number of hydrogen-bond donors (Lipinski definition) is 1. The fourth-order valence-electron chi connectivity index (χ4n) is 4.17. The van der Waals surface area contributed by atoms with Gasteiger partial charge in [-0.15, -0.1) is 0 Å². The molecule has 0 spiro atoms. The van der Waals surface area contributed by atoms with Gasteiger partial charge in [-0.25, -0.2) is 8.42 Å². The molecule has 184 valence electrons. The van der Waals surface area contributed by atoms with Crippen molar-refractivity contribution in [1.29, 1.82) is 0 Å². The van der Waals surface area contributed by atoms with E-state index in [4.69, 9.17) is 28.2 Å². The van der Waals surface area contributed by atoms with E-state index in [1.807, 2.05) is 54.3 Å². The summed E-state index contributed by atoms with van der Waals surface area (Å²) in [5, 5.41) is 11.8. The van der Waals surface area contributed by atoms with Gasteiger partial charge in [-0.1, -0.05) is 60.5 Å². The third-order valence-corrected chi connectivity index (χ3v) is 8.65. The SMILES string of the molecule is CCS(=O)(=O)c1cccc(-c2ccc(N3CC(C(C)(C)O)N=C3c3c(C)cccc3Cl)c(Cl)c2)c1. The highest BCUT2D eigenvalue weighted by atomic mass is 35.5. The Morgan fingerprint density at radius 2 is 1.71 bits per heavy atom. The fraction of sp³-hybridized carbons (Fsp3) is 0.296. The number of benzene rings is 3. The lowest BCUT2D eigenvalue weighted by atomic mass is 10.00. The number of aliphatic imine (C=N–C) groups is 1. The lowest BCUT2D eigenvalue weighted by molar-refractivity contribution is 0.0583. The van der Waals surface area contributed by atoms with Crippen LogP contribution in [0.15, 0.2) is 70.6 Å². The van der Waals surface area contributed by atoms with E-state index in [0.717, 1.165) is 27.9 Å². The maximum absolute atomic E-state index is 12.3. The largest absolute Gasteiger partial charge is 0.388 e. The monoisotopic (exact) mass is 530 g/mol. The number of rotatable bonds is 6. The summed E-state index contributed by atoms with van der Waals surface area (Å²) in [7, 11) is -3.32. The molecule has 0 saturated heterocycles. The highest BCUT2D eigenvalue weighted by Crippen LogP contribution is 2.37. The first-order chi connectivity index (χ1) is 16.4. The molecule has 35 heavy (non-hydrogen) atoms. The van der Waals surface area contributed by atoms with Gasteiger partial charge in [0.15, 0.2) is 9.84 Å². The highest BCUT2D eigenvalue weighted by Gasteiger charge is 2.37. The molecule has 1 aliphatic heterocycles. The van der Waals surface area contributed by atoms with Crippen LogP contribution in [0.5, 0.6) is 0 Å². The number of nitrogens with zero attached hydrogens (tertiary/aromatic N) is 2. The van der Waals surface area contributed by atoms with Gasteiger partial charge in [-0.05, 0) is 67.8 Å². The van der Waals surface area contributed by atoms with Crippen molar-refractivity contribution in [1.82, 2.24) is 0 Å². The number of anilines is 1. The van der Waals surface area contributed by atoms with E-state index in [2.05, 4.69) is 0 Å². The smallest absolute Gasteiger partial charge is 0.178 e. The predicted octanol–water partition coefficient (Wildman–Crippen LogP) is 6.17. The molecular formula is C27H28Cl2N2O3S. The van der Waals surface area contributed by atoms with E-state index < -0.39 is 15.4 Å². The predicted molar refractivity (Wildman–Crippen MR) is 145 cm³/mol. The lowest BCUT2D eigenvalue weighted by Gasteiger charge is -2.27. The van der Waals surface area contributed by atoms with Crippen molar-refractivity contribution >= 4 is 44.6 Å². The van der Waals surface area contributed by atoms with E-state index in [1.165, 1.54) is 0 Å². The minimum absolute atomic E-state index is 0.0387. The van der Waals surface area contributed by atoms with Gasteiger partial charge >= 0.3 is 0 Å². The minimum atomic E-state index is -3.32. The maximum atomic E-state index is 12.3. The fourth-order valence-corrected chi connectivity index (χ4v) is 5.68. The first-order valence-electron chi connectivity index (χ1n) is 11.4. The standard InChI is InChI=1S/C27H28Cl2N2O3S/c1-5-35(33,34)20-10-7-9-18(14-20)19-12-13-23(22(29)15-19)31-16-24(27(3,4)32)30-26(31)25-17(2)8-6-11-21(25)28/h6-15,24,32H,5,16H2,1-4H3. The molecular weight excluding hydrogens is 503 g/mol. The van der Waals surface area contributed by atoms with E-state index in [9.17, 15) is 13.5 Å². The Balaban J connectivity index is 1.77. The molecule has 0 aliphatic carbocycles. The Kier molecular flexibility index (Phi) is 7.04. The van der Waals surface area contributed by atoms with Crippen LogP contribution in [0.25, 0.3) is 11.1 Å². The number of aryl methyl sites for hydroxylation is 1. The van der Waals surface area contributed by atoms with E-state index in [-0.39, 0.29) is 16.7 Å². The van der Waals surface area contributed by atoms with Gasteiger partial charge < -0.3 is 10.0 Å². The molecule has 1 N–H and O–H groups in total. The molecule has 1 aliphatic rings. The summed E-state index contributed by atoms with van der Waals surface area (Å²) in [5.74, 6) is 0.697. The van der Waals surface area contributed by atoms with Crippen LogP contribution in [0.1, 0.15) is 31.9 Å². The first kappa shape index (κ1) is 25.7. The van der Waals surface area contributed by atoms with Crippen LogP contribution in [0, 0.1) is 6.92 Å². The molecule has 1 heterocycles. The molecule has 0 amide bonds. The summed E-state index contributed by atoms with van der Waals surface area (Å²) in [6.07, 6.45) is 0. The Bertz CT molecular complexity index is 1390. The topological polar surface area (TPSA) is 70.0 Å². The van der Waals surface area contributed by atoms with Crippen LogP contribution in [0.3, 0.4) is 0 Å². The van der Waals surface area contributed by atoms with Crippen LogP contribution >= 0.6 is 23.2 Å². The van der Waals surface area contributed by atoms with Crippen molar-refractivity contribution in [2.24, 2.45) is 4.99 Å². The molecule has 5 nitrogen and oxygen atoms in total.